The van der Waals surface area contributed by atoms with Crippen molar-refractivity contribution in [2.24, 2.45) is 7.05 Å². The lowest BCUT2D eigenvalue weighted by molar-refractivity contribution is -0.122. The standard InChI is InChI=1S/C15H20N4O2/c1-10-12-7-8-19(15(21)14(12)18(2)17-10)9-13(20)16-11-5-3-4-6-11/h7-8,11H,3-6,9H2,1-2H3,(H,16,20). The van der Waals surface area contributed by atoms with E-state index in [1.807, 2.05) is 13.0 Å². The van der Waals surface area contributed by atoms with Crippen LogP contribution < -0.4 is 10.9 Å². The minimum atomic E-state index is -0.169. The summed E-state index contributed by atoms with van der Waals surface area (Å²) >= 11 is 0. The van der Waals surface area contributed by atoms with Crippen molar-refractivity contribution in [3.63, 3.8) is 0 Å². The number of aryl methyl sites for hydroxylation is 2. The number of pyridine rings is 1. The molecule has 3 rings (SSSR count). The molecule has 0 radical (unpaired) electrons. The molecule has 0 aliphatic heterocycles. The molecule has 1 aliphatic carbocycles. The van der Waals surface area contributed by atoms with E-state index in [0.717, 1.165) is 23.9 Å². The summed E-state index contributed by atoms with van der Waals surface area (Å²) in [6.45, 7) is 1.94. The number of rotatable bonds is 3. The molecule has 2 aromatic heterocycles. The molecule has 1 saturated carbocycles. The van der Waals surface area contributed by atoms with E-state index in [0.29, 0.717) is 5.52 Å². The summed E-state index contributed by atoms with van der Waals surface area (Å²) in [5, 5.41) is 8.10. The second-order valence-electron chi connectivity index (χ2n) is 5.77. The van der Waals surface area contributed by atoms with Crippen LogP contribution in [0.15, 0.2) is 17.1 Å². The first-order valence-corrected chi connectivity index (χ1v) is 7.38. The SMILES string of the molecule is Cc1nn(C)c2c(=O)n(CC(=O)NC3CCCC3)ccc12. The Morgan fingerprint density at radius 1 is 1.43 bits per heavy atom. The molecule has 0 bridgehead atoms. The summed E-state index contributed by atoms with van der Waals surface area (Å²) in [7, 11) is 1.75. The van der Waals surface area contributed by atoms with Gasteiger partial charge in [-0.25, -0.2) is 0 Å². The monoisotopic (exact) mass is 288 g/mol. The number of amides is 1. The first kappa shape index (κ1) is 13.9. The number of carbonyl (C=O) groups is 1. The number of hydrogen-bond donors (Lipinski definition) is 1. The molecule has 0 unspecified atom stereocenters. The van der Waals surface area contributed by atoms with Crippen LogP contribution in [0.4, 0.5) is 0 Å². The summed E-state index contributed by atoms with van der Waals surface area (Å²) < 4.78 is 3.03. The zero-order valence-corrected chi connectivity index (χ0v) is 12.4. The van der Waals surface area contributed by atoms with Crippen molar-refractivity contribution in [2.75, 3.05) is 0 Å². The average Bonchev–Trinajstić information content (AvgIpc) is 3.02. The Morgan fingerprint density at radius 3 is 2.86 bits per heavy atom. The molecular formula is C15H20N4O2. The van der Waals surface area contributed by atoms with Gasteiger partial charge in [-0.15, -0.1) is 0 Å². The van der Waals surface area contributed by atoms with Crippen molar-refractivity contribution < 1.29 is 4.79 Å². The fourth-order valence-electron chi connectivity index (χ4n) is 3.12. The molecule has 0 aromatic carbocycles. The highest BCUT2D eigenvalue weighted by molar-refractivity contribution is 5.81. The minimum absolute atomic E-state index is 0.0650. The number of aromatic nitrogens is 3. The van der Waals surface area contributed by atoms with Gasteiger partial charge in [-0.2, -0.15) is 5.10 Å². The highest BCUT2D eigenvalue weighted by atomic mass is 16.2. The second kappa shape index (κ2) is 5.35. The normalized spacial score (nSPS) is 15.7. The van der Waals surface area contributed by atoms with E-state index in [2.05, 4.69) is 10.4 Å². The van der Waals surface area contributed by atoms with Crippen LogP contribution in [0.1, 0.15) is 31.4 Å². The van der Waals surface area contributed by atoms with Gasteiger partial charge in [-0.1, -0.05) is 12.8 Å². The molecule has 6 nitrogen and oxygen atoms in total. The van der Waals surface area contributed by atoms with Crippen molar-refractivity contribution in [2.45, 2.75) is 45.2 Å². The lowest BCUT2D eigenvalue weighted by Gasteiger charge is -2.12. The van der Waals surface area contributed by atoms with Crippen LogP contribution >= 0.6 is 0 Å². The Morgan fingerprint density at radius 2 is 2.14 bits per heavy atom. The van der Waals surface area contributed by atoms with Gasteiger partial charge in [0, 0.05) is 24.7 Å². The van der Waals surface area contributed by atoms with E-state index >= 15 is 0 Å². The molecule has 0 spiro atoms. The highest BCUT2D eigenvalue weighted by Gasteiger charge is 2.18. The molecule has 0 saturated heterocycles. The van der Waals surface area contributed by atoms with Gasteiger partial charge in [0.15, 0.2) is 0 Å². The molecule has 1 N–H and O–H groups in total. The van der Waals surface area contributed by atoms with E-state index in [9.17, 15) is 9.59 Å². The fraction of sp³-hybridized carbons (Fsp3) is 0.533. The third kappa shape index (κ3) is 2.57. The van der Waals surface area contributed by atoms with Gasteiger partial charge in [0.25, 0.3) is 5.56 Å². The smallest absolute Gasteiger partial charge is 0.277 e. The van der Waals surface area contributed by atoms with Crippen LogP contribution in [-0.2, 0) is 18.4 Å². The molecule has 2 heterocycles. The average molecular weight is 288 g/mol. The van der Waals surface area contributed by atoms with Gasteiger partial charge in [-0.05, 0) is 25.8 Å². The summed E-state index contributed by atoms with van der Waals surface area (Å²) in [6, 6.07) is 2.12. The van der Waals surface area contributed by atoms with Crippen LogP contribution in [0.5, 0.6) is 0 Å². The third-order valence-electron chi connectivity index (χ3n) is 4.19. The molecule has 112 valence electrons. The van der Waals surface area contributed by atoms with E-state index in [1.165, 1.54) is 17.4 Å². The summed E-state index contributed by atoms with van der Waals surface area (Å²) in [6.07, 6.45) is 6.10. The lowest BCUT2D eigenvalue weighted by atomic mass is 10.2. The van der Waals surface area contributed by atoms with Gasteiger partial charge in [-0.3, -0.25) is 14.3 Å². The molecule has 2 aromatic rings. The summed E-state index contributed by atoms with van der Waals surface area (Å²) in [5.74, 6) is -0.0951. The molecule has 6 heteroatoms. The molecule has 0 atom stereocenters. The summed E-state index contributed by atoms with van der Waals surface area (Å²) in [4.78, 5) is 24.5. The quantitative estimate of drug-likeness (QED) is 0.919. The first-order chi connectivity index (χ1) is 10.1. The number of carbonyl (C=O) groups excluding carboxylic acids is 1. The number of nitrogens with zero attached hydrogens (tertiary/aromatic N) is 3. The van der Waals surface area contributed by atoms with Crippen LogP contribution in [0.25, 0.3) is 10.9 Å². The van der Waals surface area contributed by atoms with Gasteiger partial charge in [0.2, 0.25) is 5.91 Å². The fourth-order valence-corrected chi connectivity index (χ4v) is 3.12. The summed E-state index contributed by atoms with van der Waals surface area (Å²) in [5.41, 5.74) is 1.20. The van der Waals surface area contributed by atoms with E-state index in [-0.39, 0.29) is 24.1 Å². The van der Waals surface area contributed by atoms with E-state index in [4.69, 9.17) is 0 Å². The van der Waals surface area contributed by atoms with Crippen molar-refractivity contribution in [3.05, 3.63) is 28.3 Å². The Hall–Kier alpha value is -2.11. The lowest BCUT2D eigenvalue weighted by Crippen LogP contribution is -2.37. The van der Waals surface area contributed by atoms with Crippen molar-refractivity contribution in [1.82, 2.24) is 19.7 Å². The van der Waals surface area contributed by atoms with Gasteiger partial charge < -0.3 is 9.88 Å². The molecular weight excluding hydrogens is 268 g/mol. The predicted octanol–water partition coefficient (Wildman–Crippen LogP) is 1.10. The molecule has 21 heavy (non-hydrogen) atoms. The molecule has 1 fully saturated rings. The minimum Gasteiger partial charge on any atom is -0.352 e. The Balaban J connectivity index is 1.84. The Labute approximate surface area is 122 Å². The number of hydrogen-bond acceptors (Lipinski definition) is 3. The molecule has 1 amide bonds. The topological polar surface area (TPSA) is 68.9 Å². The van der Waals surface area contributed by atoms with E-state index < -0.39 is 0 Å². The number of fused-ring (bicyclic) bond motifs is 1. The highest BCUT2D eigenvalue weighted by Crippen LogP contribution is 2.17. The molecule has 1 aliphatic rings. The maximum Gasteiger partial charge on any atom is 0.277 e. The first-order valence-electron chi connectivity index (χ1n) is 7.38. The largest absolute Gasteiger partial charge is 0.352 e. The van der Waals surface area contributed by atoms with Crippen LogP contribution in [0.3, 0.4) is 0 Å². The van der Waals surface area contributed by atoms with Crippen molar-refractivity contribution in [3.8, 4) is 0 Å². The van der Waals surface area contributed by atoms with Crippen molar-refractivity contribution in [1.29, 1.82) is 0 Å². The maximum absolute atomic E-state index is 12.5. The third-order valence-corrected chi connectivity index (χ3v) is 4.19. The van der Waals surface area contributed by atoms with Gasteiger partial charge >= 0.3 is 0 Å². The van der Waals surface area contributed by atoms with Crippen LogP contribution in [-0.4, -0.2) is 26.3 Å². The van der Waals surface area contributed by atoms with Gasteiger partial charge in [0.1, 0.15) is 12.1 Å². The van der Waals surface area contributed by atoms with Gasteiger partial charge in [0.05, 0.1) is 5.69 Å². The zero-order valence-electron chi connectivity index (χ0n) is 12.4. The predicted molar refractivity (Wildman–Crippen MR) is 80.1 cm³/mol. The van der Waals surface area contributed by atoms with Crippen LogP contribution in [0, 0.1) is 6.92 Å². The Kier molecular flexibility index (Phi) is 3.53. The zero-order chi connectivity index (χ0) is 15.0. The number of nitrogens with one attached hydrogen (secondary N) is 1. The van der Waals surface area contributed by atoms with E-state index in [1.54, 1.807) is 17.9 Å². The second-order valence-corrected chi connectivity index (χ2v) is 5.77. The maximum atomic E-state index is 12.5. The van der Waals surface area contributed by atoms with Crippen molar-refractivity contribution >= 4 is 16.8 Å². The Bertz CT molecular complexity index is 738. The van der Waals surface area contributed by atoms with Crippen LogP contribution in [0.2, 0.25) is 0 Å².